The maximum absolute atomic E-state index is 8.91. The van der Waals surface area contributed by atoms with Gasteiger partial charge in [-0.3, -0.25) is 4.90 Å². The smallest absolute Gasteiger partial charge is 0.119 e. The van der Waals surface area contributed by atoms with Crippen molar-refractivity contribution in [1.29, 1.82) is 5.26 Å². The zero-order chi connectivity index (χ0) is 13.0. The summed E-state index contributed by atoms with van der Waals surface area (Å²) in [4.78, 5) is 4.57. The quantitative estimate of drug-likeness (QED) is 0.813. The Morgan fingerprint density at radius 3 is 2.28 bits per heavy atom. The summed E-state index contributed by atoms with van der Waals surface area (Å²) in [6.45, 7) is 5.79. The van der Waals surface area contributed by atoms with Crippen molar-refractivity contribution in [3.63, 3.8) is 0 Å². The van der Waals surface area contributed by atoms with Crippen molar-refractivity contribution in [3.05, 3.63) is 24.3 Å². The Balaban J connectivity index is 1.95. The Morgan fingerprint density at radius 2 is 1.78 bits per heavy atom. The van der Waals surface area contributed by atoms with Crippen LogP contribution < -0.4 is 9.64 Å². The molecule has 0 bridgehead atoms. The molecule has 0 aliphatic carbocycles. The van der Waals surface area contributed by atoms with Crippen LogP contribution in [0, 0.1) is 11.3 Å². The van der Waals surface area contributed by atoms with Crippen LogP contribution in [0.3, 0.4) is 0 Å². The van der Waals surface area contributed by atoms with Crippen LogP contribution in [0.2, 0.25) is 0 Å². The number of nitriles is 1. The average molecular weight is 245 g/mol. The zero-order valence-corrected chi connectivity index (χ0v) is 11.0. The third-order valence-corrected chi connectivity index (χ3v) is 3.49. The van der Waals surface area contributed by atoms with E-state index >= 15 is 0 Å². The number of ether oxygens (including phenoxy) is 1. The molecule has 1 saturated heterocycles. The molecule has 4 nitrogen and oxygen atoms in total. The SMILES string of the molecule is COc1ccc(N2CCN([C@H](C)C#N)CC2)cc1. The Hall–Kier alpha value is -1.73. The molecule has 0 unspecified atom stereocenters. The third kappa shape index (κ3) is 2.74. The van der Waals surface area contributed by atoms with Gasteiger partial charge in [-0.2, -0.15) is 5.26 Å². The summed E-state index contributed by atoms with van der Waals surface area (Å²) in [5.74, 6) is 0.885. The predicted molar refractivity (Wildman–Crippen MR) is 71.9 cm³/mol. The lowest BCUT2D eigenvalue weighted by Crippen LogP contribution is -2.49. The topological polar surface area (TPSA) is 39.5 Å². The van der Waals surface area contributed by atoms with Gasteiger partial charge < -0.3 is 9.64 Å². The second-order valence-electron chi connectivity index (χ2n) is 4.53. The minimum Gasteiger partial charge on any atom is -0.497 e. The van der Waals surface area contributed by atoms with Crippen LogP contribution in [-0.2, 0) is 0 Å². The molecule has 0 spiro atoms. The van der Waals surface area contributed by atoms with Crippen LogP contribution in [-0.4, -0.2) is 44.2 Å². The van der Waals surface area contributed by atoms with Crippen molar-refractivity contribution in [1.82, 2.24) is 4.90 Å². The fourth-order valence-electron chi connectivity index (χ4n) is 2.24. The van der Waals surface area contributed by atoms with Gasteiger partial charge in [-0.25, -0.2) is 0 Å². The van der Waals surface area contributed by atoms with Crippen LogP contribution in [0.15, 0.2) is 24.3 Å². The number of benzene rings is 1. The monoisotopic (exact) mass is 245 g/mol. The predicted octanol–water partition coefficient (Wildman–Crippen LogP) is 1.73. The van der Waals surface area contributed by atoms with Gasteiger partial charge in [0.05, 0.1) is 19.2 Å². The molecule has 1 aliphatic heterocycles. The van der Waals surface area contributed by atoms with E-state index in [4.69, 9.17) is 10.00 Å². The second-order valence-corrected chi connectivity index (χ2v) is 4.53. The molecule has 1 aromatic rings. The molecule has 4 heteroatoms. The summed E-state index contributed by atoms with van der Waals surface area (Å²) in [5.41, 5.74) is 1.22. The molecule has 1 fully saturated rings. The van der Waals surface area contributed by atoms with Gasteiger partial charge in [-0.15, -0.1) is 0 Å². The molecular weight excluding hydrogens is 226 g/mol. The number of nitrogens with zero attached hydrogens (tertiary/aromatic N) is 3. The molecule has 0 aromatic heterocycles. The number of methoxy groups -OCH3 is 1. The molecule has 1 heterocycles. The van der Waals surface area contributed by atoms with E-state index in [-0.39, 0.29) is 6.04 Å². The molecule has 0 N–H and O–H groups in total. The van der Waals surface area contributed by atoms with E-state index in [9.17, 15) is 0 Å². The summed E-state index contributed by atoms with van der Waals surface area (Å²) >= 11 is 0. The van der Waals surface area contributed by atoms with E-state index in [1.165, 1.54) is 5.69 Å². The molecule has 2 rings (SSSR count). The van der Waals surface area contributed by atoms with Crippen LogP contribution in [0.4, 0.5) is 5.69 Å². The van der Waals surface area contributed by atoms with Crippen LogP contribution in [0.1, 0.15) is 6.92 Å². The molecule has 0 saturated carbocycles. The van der Waals surface area contributed by atoms with Gasteiger partial charge in [0, 0.05) is 31.9 Å². The van der Waals surface area contributed by atoms with Gasteiger partial charge in [-0.05, 0) is 31.2 Å². The van der Waals surface area contributed by atoms with Gasteiger partial charge in [0.25, 0.3) is 0 Å². The van der Waals surface area contributed by atoms with Gasteiger partial charge in [0.1, 0.15) is 5.75 Å². The molecule has 1 atom stereocenters. The summed E-state index contributed by atoms with van der Waals surface area (Å²) in [5, 5.41) is 8.91. The highest BCUT2D eigenvalue weighted by Crippen LogP contribution is 2.20. The lowest BCUT2D eigenvalue weighted by atomic mass is 10.2. The fourth-order valence-corrected chi connectivity index (χ4v) is 2.24. The van der Waals surface area contributed by atoms with E-state index < -0.39 is 0 Å². The number of hydrogen-bond donors (Lipinski definition) is 0. The summed E-state index contributed by atoms with van der Waals surface area (Å²) in [7, 11) is 1.68. The van der Waals surface area contributed by atoms with E-state index in [2.05, 4.69) is 28.0 Å². The van der Waals surface area contributed by atoms with Gasteiger partial charge >= 0.3 is 0 Å². The maximum Gasteiger partial charge on any atom is 0.119 e. The number of hydrogen-bond acceptors (Lipinski definition) is 4. The molecule has 0 radical (unpaired) electrons. The van der Waals surface area contributed by atoms with Crippen molar-refractivity contribution in [2.24, 2.45) is 0 Å². The summed E-state index contributed by atoms with van der Waals surface area (Å²) in [6, 6.07) is 10.5. The number of piperazine rings is 1. The highest BCUT2D eigenvalue weighted by atomic mass is 16.5. The lowest BCUT2D eigenvalue weighted by Gasteiger charge is -2.37. The Morgan fingerprint density at radius 1 is 1.17 bits per heavy atom. The first-order chi connectivity index (χ1) is 8.74. The first-order valence-electron chi connectivity index (χ1n) is 6.27. The van der Waals surface area contributed by atoms with Crippen LogP contribution in [0.25, 0.3) is 0 Å². The first-order valence-corrected chi connectivity index (χ1v) is 6.27. The highest BCUT2D eigenvalue weighted by molar-refractivity contribution is 5.49. The molecule has 18 heavy (non-hydrogen) atoms. The average Bonchev–Trinajstić information content (AvgIpc) is 2.47. The van der Waals surface area contributed by atoms with Crippen molar-refractivity contribution >= 4 is 5.69 Å². The third-order valence-electron chi connectivity index (χ3n) is 3.49. The van der Waals surface area contributed by atoms with E-state index in [0.29, 0.717) is 0 Å². The van der Waals surface area contributed by atoms with E-state index in [1.54, 1.807) is 7.11 Å². The van der Waals surface area contributed by atoms with Gasteiger partial charge in [-0.1, -0.05) is 0 Å². The zero-order valence-electron chi connectivity index (χ0n) is 11.0. The van der Waals surface area contributed by atoms with Crippen molar-refractivity contribution in [2.45, 2.75) is 13.0 Å². The van der Waals surface area contributed by atoms with Crippen LogP contribution in [0.5, 0.6) is 5.75 Å². The Kier molecular flexibility index (Phi) is 4.06. The van der Waals surface area contributed by atoms with E-state index in [1.807, 2.05) is 19.1 Å². The minimum absolute atomic E-state index is 0.0167. The van der Waals surface area contributed by atoms with Crippen molar-refractivity contribution < 1.29 is 4.74 Å². The largest absolute Gasteiger partial charge is 0.497 e. The molecule has 1 aliphatic rings. The minimum atomic E-state index is 0.0167. The Labute approximate surface area is 108 Å². The summed E-state index contributed by atoms with van der Waals surface area (Å²) in [6.07, 6.45) is 0. The normalized spacial score (nSPS) is 18.2. The van der Waals surface area contributed by atoms with Crippen molar-refractivity contribution in [2.75, 3.05) is 38.2 Å². The van der Waals surface area contributed by atoms with Crippen LogP contribution >= 0.6 is 0 Å². The molecule has 96 valence electrons. The molecule has 0 amide bonds. The lowest BCUT2D eigenvalue weighted by molar-refractivity contribution is 0.231. The van der Waals surface area contributed by atoms with Gasteiger partial charge in [0.2, 0.25) is 0 Å². The number of anilines is 1. The van der Waals surface area contributed by atoms with E-state index in [0.717, 1.165) is 31.9 Å². The maximum atomic E-state index is 8.91. The summed E-state index contributed by atoms with van der Waals surface area (Å²) < 4.78 is 5.16. The molecule has 1 aromatic carbocycles. The van der Waals surface area contributed by atoms with Crippen molar-refractivity contribution in [3.8, 4) is 11.8 Å². The standard InChI is InChI=1S/C14H19N3O/c1-12(11-15)16-7-9-17(10-8-16)13-3-5-14(18-2)6-4-13/h3-6,12H,7-10H2,1-2H3/t12-/m1/s1. The Bertz CT molecular complexity index is 416. The first kappa shape index (κ1) is 12.7. The molecular formula is C14H19N3O. The van der Waals surface area contributed by atoms with Gasteiger partial charge in [0.15, 0.2) is 0 Å². The fraction of sp³-hybridized carbons (Fsp3) is 0.500. The highest BCUT2D eigenvalue weighted by Gasteiger charge is 2.20. The second kappa shape index (κ2) is 5.74. The number of rotatable bonds is 3.